The number of Topliss-reactive ketones (excluding diaryl/α,β-unsaturated/α-hetero) is 2. The topological polar surface area (TPSA) is 120 Å². The molecule has 2 aromatic carbocycles. The number of methoxy groups -OCH3 is 1. The molecule has 7 rings (SSSR count). The standard InChI is InChI=1S/C34H33N3O6/c1-18-17-37(23-5-6-23)26-14-21(15-28(42-3)29(18)26)31(38)30-32(39)25-12-20(22-13-24(33(40)41)19(2)36-16-22)4-7-27(25)43-34(30)8-10-35-11-9-34/h4,7,12-17,23,30,35H,5-6,8-11H2,1-3H3,(H,40,41)/t30-/m1/s1. The summed E-state index contributed by atoms with van der Waals surface area (Å²) >= 11 is 0. The Bertz CT molecular complexity index is 1830. The summed E-state index contributed by atoms with van der Waals surface area (Å²) in [6.07, 6.45) is 6.92. The van der Waals surface area contributed by atoms with Gasteiger partial charge >= 0.3 is 5.97 Å². The van der Waals surface area contributed by atoms with E-state index in [1.165, 1.54) is 0 Å². The molecule has 2 fully saturated rings. The van der Waals surface area contributed by atoms with Crippen LogP contribution < -0.4 is 14.8 Å². The van der Waals surface area contributed by atoms with Crippen LogP contribution in [0.15, 0.2) is 48.8 Å². The van der Waals surface area contributed by atoms with Gasteiger partial charge in [0.1, 0.15) is 23.0 Å². The van der Waals surface area contributed by atoms with Crippen LogP contribution in [-0.2, 0) is 0 Å². The minimum absolute atomic E-state index is 0.0926. The number of nitrogens with one attached hydrogen (secondary N) is 1. The highest BCUT2D eigenvalue weighted by Gasteiger charge is 2.54. The maximum absolute atomic E-state index is 14.6. The number of ether oxygens (including phenoxy) is 2. The van der Waals surface area contributed by atoms with Crippen molar-refractivity contribution in [2.24, 2.45) is 5.92 Å². The highest BCUT2D eigenvalue weighted by atomic mass is 16.5. The lowest BCUT2D eigenvalue weighted by Gasteiger charge is -2.45. The van der Waals surface area contributed by atoms with E-state index in [0.29, 0.717) is 71.4 Å². The number of aromatic nitrogens is 2. The zero-order valence-corrected chi connectivity index (χ0v) is 24.4. The molecule has 4 aromatic rings. The molecule has 0 unspecified atom stereocenters. The maximum atomic E-state index is 14.6. The van der Waals surface area contributed by atoms with Crippen LogP contribution in [0.4, 0.5) is 0 Å². The molecule has 43 heavy (non-hydrogen) atoms. The lowest BCUT2D eigenvalue weighted by atomic mass is 9.70. The smallest absolute Gasteiger partial charge is 0.337 e. The number of benzene rings is 2. The summed E-state index contributed by atoms with van der Waals surface area (Å²) < 4.78 is 14.7. The summed E-state index contributed by atoms with van der Waals surface area (Å²) in [5.74, 6) is -1.64. The molecule has 3 aliphatic rings. The van der Waals surface area contributed by atoms with E-state index in [4.69, 9.17) is 9.47 Å². The van der Waals surface area contributed by atoms with Crippen LogP contribution in [0.5, 0.6) is 11.5 Å². The number of nitrogens with zero attached hydrogens (tertiary/aromatic N) is 2. The molecule has 1 saturated heterocycles. The number of carbonyl (C=O) groups is 3. The number of hydrogen-bond donors (Lipinski definition) is 2. The average molecular weight is 580 g/mol. The zero-order valence-electron chi connectivity index (χ0n) is 24.4. The van der Waals surface area contributed by atoms with Crippen LogP contribution in [0.2, 0.25) is 0 Å². The SMILES string of the molecule is COc1cc(C(=O)[C@@H]2C(=O)c3cc(-c4cnc(C)c(C(=O)O)c4)ccc3OC23CCNCC3)cc2c1c(C)cn2C1CC1. The lowest BCUT2D eigenvalue weighted by Crippen LogP contribution is -2.58. The zero-order chi connectivity index (χ0) is 30.0. The minimum atomic E-state index is -1.07. The van der Waals surface area contributed by atoms with E-state index in [1.54, 1.807) is 50.6 Å². The van der Waals surface area contributed by atoms with Crippen molar-refractivity contribution >= 4 is 28.4 Å². The largest absolute Gasteiger partial charge is 0.496 e. The Balaban J connectivity index is 1.34. The fourth-order valence-corrected chi connectivity index (χ4v) is 6.84. The van der Waals surface area contributed by atoms with E-state index in [0.717, 1.165) is 29.3 Å². The molecule has 1 atom stereocenters. The molecule has 1 saturated carbocycles. The van der Waals surface area contributed by atoms with Crippen molar-refractivity contribution in [2.45, 2.75) is 51.2 Å². The van der Waals surface area contributed by atoms with Gasteiger partial charge in [0.2, 0.25) is 0 Å². The number of aromatic carboxylic acids is 1. The highest BCUT2D eigenvalue weighted by Crippen LogP contribution is 2.46. The Morgan fingerprint density at radius 1 is 1.09 bits per heavy atom. The van der Waals surface area contributed by atoms with E-state index >= 15 is 0 Å². The Morgan fingerprint density at radius 2 is 1.86 bits per heavy atom. The molecule has 220 valence electrons. The first-order valence-electron chi connectivity index (χ1n) is 14.7. The van der Waals surface area contributed by atoms with Crippen molar-refractivity contribution in [3.05, 3.63) is 76.7 Å². The number of carboxylic acids is 1. The number of aryl methyl sites for hydroxylation is 2. The third kappa shape index (κ3) is 4.41. The number of carboxylic acid groups (broad SMARTS) is 1. The van der Waals surface area contributed by atoms with Gasteiger partial charge in [-0.05, 0) is 81.2 Å². The van der Waals surface area contributed by atoms with Gasteiger partial charge in [-0.1, -0.05) is 6.07 Å². The predicted molar refractivity (Wildman–Crippen MR) is 160 cm³/mol. The van der Waals surface area contributed by atoms with Crippen LogP contribution in [0.25, 0.3) is 22.0 Å². The van der Waals surface area contributed by atoms with E-state index in [2.05, 4.69) is 21.1 Å². The summed E-state index contributed by atoms with van der Waals surface area (Å²) in [5.41, 5.74) is 3.47. The third-order valence-electron chi connectivity index (χ3n) is 9.24. The molecule has 2 N–H and O–H groups in total. The fourth-order valence-electron chi connectivity index (χ4n) is 6.84. The Kier molecular flexibility index (Phi) is 6.39. The van der Waals surface area contributed by atoms with Crippen molar-refractivity contribution in [3.8, 4) is 22.6 Å². The maximum Gasteiger partial charge on any atom is 0.337 e. The predicted octanol–water partition coefficient (Wildman–Crippen LogP) is 5.56. The second-order valence-electron chi connectivity index (χ2n) is 12.0. The van der Waals surface area contributed by atoms with E-state index in [9.17, 15) is 19.5 Å². The van der Waals surface area contributed by atoms with Crippen LogP contribution in [0.1, 0.15) is 74.1 Å². The summed E-state index contributed by atoms with van der Waals surface area (Å²) in [4.78, 5) is 45.0. The molecular formula is C34H33N3O6. The Morgan fingerprint density at radius 3 is 2.56 bits per heavy atom. The summed E-state index contributed by atoms with van der Waals surface area (Å²) in [6.45, 7) is 4.94. The molecule has 4 heterocycles. The molecule has 0 radical (unpaired) electrons. The number of carbonyl (C=O) groups excluding carboxylic acids is 2. The Hall–Kier alpha value is -4.50. The molecule has 0 bridgehead atoms. The number of fused-ring (bicyclic) bond motifs is 2. The monoisotopic (exact) mass is 579 g/mol. The third-order valence-corrected chi connectivity index (χ3v) is 9.24. The normalized spacial score (nSPS) is 19.2. The molecule has 1 spiro atoms. The van der Waals surface area contributed by atoms with Crippen molar-refractivity contribution < 1.29 is 29.0 Å². The summed E-state index contributed by atoms with van der Waals surface area (Å²) in [7, 11) is 1.60. The quantitative estimate of drug-likeness (QED) is 0.225. The Labute approximate surface area is 248 Å². The van der Waals surface area contributed by atoms with Gasteiger partial charge in [0.15, 0.2) is 11.6 Å². The van der Waals surface area contributed by atoms with Gasteiger partial charge < -0.3 is 24.5 Å². The average Bonchev–Trinajstić information content (AvgIpc) is 3.79. The second kappa shape index (κ2) is 10.1. The molecule has 9 heteroatoms. The van der Waals surface area contributed by atoms with Gasteiger partial charge in [0, 0.05) is 47.8 Å². The van der Waals surface area contributed by atoms with Gasteiger partial charge in [-0.3, -0.25) is 14.6 Å². The molecule has 1 aliphatic carbocycles. The van der Waals surface area contributed by atoms with Crippen LogP contribution >= 0.6 is 0 Å². The number of rotatable bonds is 6. The number of ketones is 2. The van der Waals surface area contributed by atoms with Crippen LogP contribution in [-0.4, -0.2) is 58.0 Å². The molecule has 2 aromatic heterocycles. The minimum Gasteiger partial charge on any atom is -0.496 e. The van der Waals surface area contributed by atoms with Gasteiger partial charge in [0.05, 0.1) is 29.4 Å². The van der Waals surface area contributed by atoms with E-state index < -0.39 is 17.5 Å². The summed E-state index contributed by atoms with van der Waals surface area (Å²) in [6, 6.07) is 10.9. The summed E-state index contributed by atoms with van der Waals surface area (Å²) in [5, 5.41) is 13.9. The van der Waals surface area contributed by atoms with Gasteiger partial charge in [-0.25, -0.2) is 4.79 Å². The van der Waals surface area contributed by atoms with E-state index in [1.807, 2.05) is 13.0 Å². The molecule has 2 aliphatic heterocycles. The first kappa shape index (κ1) is 27.3. The van der Waals surface area contributed by atoms with E-state index in [-0.39, 0.29) is 17.1 Å². The highest BCUT2D eigenvalue weighted by molar-refractivity contribution is 6.19. The molecule has 9 nitrogen and oxygen atoms in total. The fraction of sp³-hybridized carbons (Fsp3) is 0.353. The van der Waals surface area contributed by atoms with Gasteiger partial charge in [0.25, 0.3) is 0 Å². The van der Waals surface area contributed by atoms with Crippen molar-refractivity contribution in [1.82, 2.24) is 14.9 Å². The molecular weight excluding hydrogens is 546 g/mol. The number of pyridine rings is 1. The van der Waals surface area contributed by atoms with Gasteiger partial charge in [-0.15, -0.1) is 0 Å². The lowest BCUT2D eigenvalue weighted by molar-refractivity contribution is -0.0138. The number of hydrogen-bond acceptors (Lipinski definition) is 7. The first-order chi connectivity index (χ1) is 20.7. The second-order valence-corrected chi connectivity index (χ2v) is 12.0. The van der Waals surface area contributed by atoms with Crippen LogP contribution in [0.3, 0.4) is 0 Å². The van der Waals surface area contributed by atoms with Crippen LogP contribution in [0, 0.1) is 19.8 Å². The first-order valence-corrected chi connectivity index (χ1v) is 14.7. The van der Waals surface area contributed by atoms with Crippen molar-refractivity contribution in [3.63, 3.8) is 0 Å². The number of piperidine rings is 1. The van der Waals surface area contributed by atoms with Gasteiger partial charge in [-0.2, -0.15) is 0 Å². The van der Waals surface area contributed by atoms with Crippen molar-refractivity contribution in [1.29, 1.82) is 0 Å². The van der Waals surface area contributed by atoms with Crippen molar-refractivity contribution in [2.75, 3.05) is 20.2 Å². The molecule has 0 amide bonds.